The second-order valence-electron chi connectivity index (χ2n) is 4.98. The molecular formula is C15H21N3O5. The SMILES string of the molecule is CN(C)C(=O)COc1ccc(NC(=O)NCCCC(=O)O)cc1. The molecule has 23 heavy (non-hydrogen) atoms. The number of rotatable bonds is 8. The molecule has 8 heteroatoms. The van der Waals surface area contributed by atoms with Gasteiger partial charge in [0.1, 0.15) is 5.75 Å². The predicted molar refractivity (Wildman–Crippen MR) is 84.5 cm³/mol. The number of carbonyl (C=O) groups excluding carboxylic acids is 2. The zero-order valence-electron chi connectivity index (χ0n) is 13.2. The lowest BCUT2D eigenvalue weighted by Crippen LogP contribution is -2.29. The fourth-order valence-electron chi connectivity index (χ4n) is 1.53. The Morgan fingerprint density at radius 2 is 1.83 bits per heavy atom. The number of urea groups is 1. The van der Waals surface area contributed by atoms with Gasteiger partial charge in [-0.3, -0.25) is 9.59 Å². The van der Waals surface area contributed by atoms with Crippen molar-refractivity contribution in [2.24, 2.45) is 0 Å². The summed E-state index contributed by atoms with van der Waals surface area (Å²) in [6.45, 7) is 0.232. The third kappa shape index (κ3) is 7.70. The normalized spacial score (nSPS) is 9.83. The van der Waals surface area contributed by atoms with Gasteiger partial charge in [-0.1, -0.05) is 0 Å². The van der Waals surface area contributed by atoms with E-state index in [0.29, 0.717) is 17.9 Å². The molecule has 0 aromatic heterocycles. The Balaban J connectivity index is 2.34. The Labute approximate surface area is 134 Å². The third-order valence-corrected chi connectivity index (χ3v) is 2.83. The number of carbonyl (C=O) groups is 3. The quantitative estimate of drug-likeness (QED) is 0.622. The Bertz CT molecular complexity index is 543. The van der Waals surface area contributed by atoms with Crippen molar-refractivity contribution in [2.75, 3.05) is 32.6 Å². The summed E-state index contributed by atoms with van der Waals surface area (Å²) < 4.78 is 5.32. The summed E-state index contributed by atoms with van der Waals surface area (Å²) in [5, 5.41) is 13.7. The van der Waals surface area contributed by atoms with Crippen LogP contribution in [0.2, 0.25) is 0 Å². The first-order chi connectivity index (χ1) is 10.9. The molecule has 0 aliphatic heterocycles. The van der Waals surface area contributed by atoms with E-state index < -0.39 is 12.0 Å². The van der Waals surface area contributed by atoms with Crippen LogP contribution in [0.4, 0.5) is 10.5 Å². The van der Waals surface area contributed by atoms with Crippen molar-refractivity contribution in [1.29, 1.82) is 0 Å². The molecule has 3 amide bonds. The molecule has 1 rings (SSSR count). The number of nitrogens with one attached hydrogen (secondary N) is 2. The van der Waals surface area contributed by atoms with Gasteiger partial charge in [-0.2, -0.15) is 0 Å². The molecule has 3 N–H and O–H groups in total. The highest BCUT2D eigenvalue weighted by Gasteiger charge is 2.06. The number of aliphatic carboxylic acids is 1. The molecule has 0 aliphatic carbocycles. The zero-order valence-corrected chi connectivity index (χ0v) is 13.2. The smallest absolute Gasteiger partial charge is 0.319 e. The number of hydrogen-bond donors (Lipinski definition) is 3. The number of carboxylic acids is 1. The van der Waals surface area contributed by atoms with Crippen molar-refractivity contribution in [3.63, 3.8) is 0 Å². The maximum absolute atomic E-state index is 11.6. The third-order valence-electron chi connectivity index (χ3n) is 2.83. The van der Waals surface area contributed by atoms with Gasteiger partial charge >= 0.3 is 12.0 Å². The number of benzene rings is 1. The van der Waals surface area contributed by atoms with Crippen LogP contribution in [0.15, 0.2) is 24.3 Å². The largest absolute Gasteiger partial charge is 0.484 e. The van der Waals surface area contributed by atoms with Crippen LogP contribution in [0.3, 0.4) is 0 Å². The van der Waals surface area contributed by atoms with Gasteiger partial charge in [0.05, 0.1) is 0 Å². The van der Waals surface area contributed by atoms with Gasteiger partial charge in [-0.25, -0.2) is 4.79 Å². The highest BCUT2D eigenvalue weighted by Crippen LogP contribution is 2.15. The molecule has 0 spiro atoms. The number of hydrogen-bond acceptors (Lipinski definition) is 4. The van der Waals surface area contributed by atoms with Crippen LogP contribution >= 0.6 is 0 Å². The number of ether oxygens (including phenoxy) is 1. The van der Waals surface area contributed by atoms with Gasteiger partial charge < -0.3 is 25.4 Å². The van der Waals surface area contributed by atoms with Crippen molar-refractivity contribution in [2.45, 2.75) is 12.8 Å². The first kappa shape index (κ1) is 18.3. The van der Waals surface area contributed by atoms with E-state index in [0.717, 1.165) is 0 Å². The molecule has 8 nitrogen and oxygen atoms in total. The van der Waals surface area contributed by atoms with Crippen LogP contribution in [-0.4, -0.2) is 55.2 Å². The zero-order chi connectivity index (χ0) is 17.2. The Hall–Kier alpha value is -2.77. The molecule has 1 aromatic rings. The van der Waals surface area contributed by atoms with Crippen LogP contribution in [-0.2, 0) is 9.59 Å². The van der Waals surface area contributed by atoms with E-state index in [1.165, 1.54) is 4.90 Å². The van der Waals surface area contributed by atoms with Gasteiger partial charge in [0.2, 0.25) is 0 Å². The highest BCUT2D eigenvalue weighted by molar-refractivity contribution is 5.89. The van der Waals surface area contributed by atoms with E-state index in [1.807, 2.05) is 0 Å². The number of anilines is 1. The molecule has 0 unspecified atom stereocenters. The van der Waals surface area contributed by atoms with Gasteiger partial charge in [-0.15, -0.1) is 0 Å². The summed E-state index contributed by atoms with van der Waals surface area (Å²) in [6.07, 6.45) is 0.382. The molecule has 1 aromatic carbocycles. The van der Waals surface area contributed by atoms with E-state index in [-0.39, 0.29) is 25.5 Å². The number of likely N-dealkylation sites (N-methyl/N-ethyl adjacent to an activating group) is 1. The molecular weight excluding hydrogens is 302 g/mol. The average Bonchev–Trinajstić information content (AvgIpc) is 2.50. The molecule has 0 heterocycles. The van der Waals surface area contributed by atoms with Gasteiger partial charge in [0.25, 0.3) is 5.91 Å². The second kappa shape index (κ2) is 9.29. The Morgan fingerprint density at radius 1 is 1.17 bits per heavy atom. The van der Waals surface area contributed by atoms with Crippen molar-refractivity contribution >= 4 is 23.6 Å². The lowest BCUT2D eigenvalue weighted by atomic mass is 10.3. The summed E-state index contributed by atoms with van der Waals surface area (Å²) in [6, 6.07) is 6.16. The van der Waals surface area contributed by atoms with Crippen LogP contribution in [0.1, 0.15) is 12.8 Å². The van der Waals surface area contributed by atoms with Gasteiger partial charge in [0.15, 0.2) is 6.61 Å². The van der Waals surface area contributed by atoms with Gasteiger partial charge in [-0.05, 0) is 30.7 Å². The van der Waals surface area contributed by atoms with E-state index in [2.05, 4.69) is 10.6 Å². The van der Waals surface area contributed by atoms with Crippen LogP contribution in [0.5, 0.6) is 5.75 Å². The molecule has 0 fully saturated rings. The molecule has 0 aliphatic rings. The minimum atomic E-state index is -0.893. The average molecular weight is 323 g/mol. The molecule has 126 valence electrons. The summed E-state index contributed by atoms with van der Waals surface area (Å²) in [7, 11) is 3.29. The maximum atomic E-state index is 11.6. The second-order valence-corrected chi connectivity index (χ2v) is 4.98. The van der Waals surface area contributed by atoms with E-state index >= 15 is 0 Å². The first-order valence-corrected chi connectivity index (χ1v) is 7.08. The number of nitrogens with zero attached hydrogens (tertiary/aromatic N) is 1. The summed E-state index contributed by atoms with van der Waals surface area (Å²) in [5.74, 6) is -0.517. The maximum Gasteiger partial charge on any atom is 0.319 e. The lowest BCUT2D eigenvalue weighted by molar-refractivity contribution is -0.137. The Kier molecular flexibility index (Phi) is 7.38. The standard InChI is InChI=1S/C15H21N3O5/c1-18(2)13(19)10-23-12-7-5-11(6-8-12)17-15(22)16-9-3-4-14(20)21/h5-8H,3-4,9-10H2,1-2H3,(H,20,21)(H2,16,17,22). The van der Waals surface area contributed by atoms with E-state index in [1.54, 1.807) is 38.4 Å². The van der Waals surface area contributed by atoms with Gasteiger partial charge in [0, 0.05) is 32.7 Å². The molecule has 0 atom stereocenters. The summed E-state index contributed by atoms with van der Waals surface area (Å²) in [4.78, 5) is 34.7. The predicted octanol–water partition coefficient (Wildman–Crippen LogP) is 1.14. The topological polar surface area (TPSA) is 108 Å². The summed E-state index contributed by atoms with van der Waals surface area (Å²) in [5.41, 5.74) is 0.562. The minimum Gasteiger partial charge on any atom is -0.484 e. The van der Waals surface area contributed by atoms with E-state index in [9.17, 15) is 14.4 Å². The number of carboxylic acid groups (broad SMARTS) is 1. The Morgan fingerprint density at radius 3 is 2.39 bits per heavy atom. The molecule has 0 radical (unpaired) electrons. The van der Waals surface area contributed by atoms with Crippen LogP contribution in [0.25, 0.3) is 0 Å². The van der Waals surface area contributed by atoms with E-state index in [4.69, 9.17) is 9.84 Å². The lowest BCUT2D eigenvalue weighted by Gasteiger charge is -2.12. The molecule has 0 saturated carbocycles. The van der Waals surface area contributed by atoms with Crippen molar-refractivity contribution in [3.8, 4) is 5.75 Å². The van der Waals surface area contributed by atoms with Crippen molar-refractivity contribution < 1.29 is 24.2 Å². The summed E-state index contributed by atoms with van der Waals surface area (Å²) >= 11 is 0. The van der Waals surface area contributed by atoms with Crippen molar-refractivity contribution in [1.82, 2.24) is 10.2 Å². The molecule has 0 bridgehead atoms. The number of amides is 3. The van der Waals surface area contributed by atoms with Crippen molar-refractivity contribution in [3.05, 3.63) is 24.3 Å². The fraction of sp³-hybridized carbons (Fsp3) is 0.400. The minimum absolute atomic E-state index is 0.0119. The molecule has 0 saturated heterocycles. The monoisotopic (exact) mass is 323 g/mol. The fourth-order valence-corrected chi connectivity index (χ4v) is 1.53. The highest BCUT2D eigenvalue weighted by atomic mass is 16.5. The first-order valence-electron chi connectivity index (χ1n) is 7.08. The van der Waals surface area contributed by atoms with Crippen LogP contribution in [0, 0.1) is 0 Å². The van der Waals surface area contributed by atoms with Crippen LogP contribution < -0.4 is 15.4 Å².